The summed E-state index contributed by atoms with van der Waals surface area (Å²) < 4.78 is 0. The van der Waals surface area contributed by atoms with E-state index in [9.17, 15) is 0 Å². The van der Waals surface area contributed by atoms with Crippen LogP contribution < -0.4 is 33.2 Å². The Morgan fingerprint density at radius 1 is 1.14 bits per heavy atom. The van der Waals surface area contributed by atoms with Crippen LogP contribution in [0.3, 0.4) is 0 Å². The summed E-state index contributed by atoms with van der Waals surface area (Å²) in [6, 6.07) is 0. The summed E-state index contributed by atoms with van der Waals surface area (Å²) in [5, 5.41) is 0. The van der Waals surface area contributed by atoms with Crippen LogP contribution in [0.1, 0.15) is 0 Å². The molecule has 0 rings (SSSR count). The summed E-state index contributed by atoms with van der Waals surface area (Å²) in [5.41, 5.74) is 0. The molecule has 0 aromatic rings. The average molecular weight is 116 g/mol. The van der Waals surface area contributed by atoms with E-state index in [0.29, 0.717) is 0 Å². The van der Waals surface area contributed by atoms with Crippen LogP contribution in [0.25, 0.3) is 0 Å². The fourth-order valence-corrected chi connectivity index (χ4v) is 0. The molecule has 0 spiro atoms. The van der Waals surface area contributed by atoms with Crippen LogP contribution in [-0.4, -0.2) is 13.8 Å². The molecule has 0 saturated carbocycles. The molecule has 0 unspecified atom stereocenters. The van der Waals surface area contributed by atoms with Gasteiger partial charge in [0.1, 0.15) is 0 Å². The molecule has 4 radical (unpaired) electrons. The molecule has 1 N–H and O–H groups in total. The van der Waals surface area contributed by atoms with Gasteiger partial charge in [-0.15, -0.1) is 9.05 Å². The van der Waals surface area contributed by atoms with Gasteiger partial charge in [0.25, 0.3) is 0 Å². The topological polar surface area (TPSA) is 118 Å². The van der Waals surface area contributed by atoms with E-state index in [-0.39, 0.29) is 24.3 Å². The van der Waals surface area contributed by atoms with Gasteiger partial charge in [0, 0.05) is 0 Å². The second-order valence-electron chi connectivity index (χ2n) is 0.524. The fourth-order valence-electron chi connectivity index (χ4n) is 0. The molecule has 0 atom stereocenters. The Balaban J connectivity index is -0.0000000800. The summed E-state index contributed by atoms with van der Waals surface area (Å²) in [7, 11) is -5.36. The third kappa shape index (κ3) is 373. The van der Waals surface area contributed by atoms with Gasteiger partial charge in [0.05, 0.1) is 0 Å². The molecule has 5 nitrogen and oxygen atoms in total. The third-order valence-corrected chi connectivity index (χ3v) is 0. The Bertz CT molecular complexity index is 23.6. The molecular formula is HLiO5Si. The SMILES string of the molecule is [Li+].[O+2].[O-][Si]([O-])([O-])O. The van der Waals surface area contributed by atoms with E-state index in [0.717, 1.165) is 0 Å². The molecule has 0 aliphatic carbocycles. The minimum atomic E-state index is -5.36. The summed E-state index contributed by atoms with van der Waals surface area (Å²) >= 11 is 0. The quantitative estimate of drug-likeness (QED) is 0.316. The van der Waals surface area contributed by atoms with Crippen molar-refractivity contribution in [3.8, 4) is 0 Å². The van der Waals surface area contributed by atoms with Crippen molar-refractivity contribution < 1.29 is 43.5 Å². The molecule has 0 bridgehead atoms. The number of hydrogen-bond donors (Lipinski definition) is 1. The van der Waals surface area contributed by atoms with E-state index in [1.165, 1.54) is 0 Å². The largest absolute Gasteiger partial charge is 2.00 e. The maximum absolute atomic E-state index is 8.69. The smallest absolute Gasteiger partial charge is 0.861 e. The summed E-state index contributed by atoms with van der Waals surface area (Å²) in [6.45, 7) is 0. The third-order valence-electron chi connectivity index (χ3n) is 0. The second kappa shape index (κ2) is 4.77. The molecule has 0 aromatic carbocycles. The van der Waals surface area contributed by atoms with E-state index in [2.05, 4.69) is 0 Å². The van der Waals surface area contributed by atoms with Crippen molar-refractivity contribution in [2.75, 3.05) is 0 Å². The first-order chi connectivity index (χ1) is 2.00. The maximum atomic E-state index is 8.69. The van der Waals surface area contributed by atoms with Gasteiger partial charge in [-0.1, -0.05) is 0 Å². The van der Waals surface area contributed by atoms with Gasteiger partial charge < -0.3 is 19.2 Å². The minimum Gasteiger partial charge on any atom is -0.861 e. The van der Waals surface area contributed by atoms with Gasteiger partial charge in [-0.05, 0) is 0 Å². The van der Waals surface area contributed by atoms with Crippen molar-refractivity contribution in [1.29, 1.82) is 0 Å². The molecule has 0 saturated heterocycles. The summed E-state index contributed by atoms with van der Waals surface area (Å²) in [5.74, 6) is 0. The molecule has 36 valence electrons. The molecule has 0 aromatic heterocycles. The molecule has 0 aliphatic heterocycles. The zero-order valence-corrected chi connectivity index (χ0v) is 4.58. The van der Waals surface area contributed by atoms with Gasteiger partial charge in [0.15, 0.2) is 0 Å². The normalized spacial score (nSPS) is 8.57. The van der Waals surface area contributed by atoms with Crippen LogP contribution in [0.4, 0.5) is 0 Å². The predicted octanol–water partition coefficient (Wildman–Crippen LogP) is -7.62. The summed E-state index contributed by atoms with van der Waals surface area (Å²) in [6.07, 6.45) is 0. The van der Waals surface area contributed by atoms with Gasteiger partial charge >= 0.3 is 24.3 Å². The molecule has 7 heavy (non-hydrogen) atoms. The fraction of sp³-hybridized carbons (Fsp3) is 0. The monoisotopic (exact) mass is 116 g/mol. The van der Waals surface area contributed by atoms with Gasteiger partial charge in [-0.2, -0.15) is 0 Å². The zero-order valence-electron chi connectivity index (χ0n) is 3.58. The van der Waals surface area contributed by atoms with Gasteiger partial charge in [0.2, 0.25) is 0 Å². The van der Waals surface area contributed by atoms with Crippen molar-refractivity contribution in [2.24, 2.45) is 0 Å². The van der Waals surface area contributed by atoms with Crippen molar-refractivity contribution in [3.63, 3.8) is 0 Å². The van der Waals surface area contributed by atoms with Crippen LogP contribution in [0.5, 0.6) is 0 Å². The second-order valence-corrected chi connectivity index (χ2v) is 1.57. The molecule has 7 heteroatoms. The maximum Gasteiger partial charge on any atom is 2.00 e. The first-order valence-corrected chi connectivity index (χ1v) is 2.51. The van der Waals surface area contributed by atoms with E-state index >= 15 is 0 Å². The van der Waals surface area contributed by atoms with Gasteiger partial charge in [-0.25, -0.2) is 0 Å². The number of rotatable bonds is 0. The Morgan fingerprint density at radius 2 is 1.14 bits per heavy atom. The van der Waals surface area contributed by atoms with Crippen LogP contribution >= 0.6 is 0 Å². The van der Waals surface area contributed by atoms with Crippen LogP contribution in [0.15, 0.2) is 0 Å². The Hall–Kier alpha value is 0.614. The zero-order chi connectivity index (χ0) is 4.50. The minimum absolute atomic E-state index is 0. The van der Waals surface area contributed by atoms with E-state index in [4.69, 9.17) is 19.2 Å². The van der Waals surface area contributed by atoms with E-state index in [1.54, 1.807) is 0 Å². The van der Waals surface area contributed by atoms with Crippen LogP contribution in [-0.2, 0) is 5.48 Å². The first-order valence-electron chi connectivity index (χ1n) is 0.836. The molecule has 0 heterocycles. The predicted molar refractivity (Wildman–Crippen MR) is 8.66 cm³/mol. The van der Waals surface area contributed by atoms with Crippen molar-refractivity contribution in [1.82, 2.24) is 0 Å². The molecule has 0 fully saturated rings. The average Bonchev–Trinajstić information content (AvgIpc) is 0.722. The van der Waals surface area contributed by atoms with E-state index < -0.39 is 9.05 Å². The Morgan fingerprint density at radius 3 is 1.14 bits per heavy atom. The van der Waals surface area contributed by atoms with Gasteiger partial charge in [-0.3, -0.25) is 0 Å². The summed E-state index contributed by atoms with van der Waals surface area (Å²) in [4.78, 5) is 33.1. The standard InChI is InChI=1S/Li.HO4Si.O/c;1-5(2,3)4;/h;1H;/q+1;-3;+2. The van der Waals surface area contributed by atoms with Crippen molar-refractivity contribution in [2.45, 2.75) is 0 Å². The van der Waals surface area contributed by atoms with Crippen molar-refractivity contribution in [3.05, 3.63) is 0 Å². The molecular weight excluding hydrogens is 115 g/mol. The Labute approximate surface area is 53.2 Å². The van der Waals surface area contributed by atoms with Crippen molar-refractivity contribution >= 4 is 9.05 Å². The van der Waals surface area contributed by atoms with E-state index in [1.807, 2.05) is 0 Å². The first kappa shape index (κ1) is 15.6. The molecule has 0 amide bonds. The van der Waals surface area contributed by atoms with Crippen LogP contribution in [0, 0.1) is 0 Å². The Kier molecular flexibility index (Phi) is 10.7. The number of hydrogen-bond acceptors (Lipinski definition) is 4. The van der Waals surface area contributed by atoms with Crippen LogP contribution in [0.2, 0.25) is 0 Å². The molecule has 0 aliphatic rings.